The van der Waals surface area contributed by atoms with Crippen molar-refractivity contribution in [1.29, 1.82) is 0 Å². The average molecular weight is 194 g/mol. The van der Waals surface area contributed by atoms with E-state index in [1.807, 2.05) is 5.92 Å². The van der Waals surface area contributed by atoms with Gasteiger partial charge in [0.05, 0.1) is 0 Å². The van der Waals surface area contributed by atoms with E-state index in [1.165, 1.54) is 58.0 Å². The SMILES string of the molecule is C[C](C1CCCCC1)[C@@H]1CCCNC1. The van der Waals surface area contributed by atoms with Gasteiger partial charge in [0.15, 0.2) is 0 Å². The Kier molecular flexibility index (Phi) is 3.86. The van der Waals surface area contributed by atoms with Crippen molar-refractivity contribution in [1.82, 2.24) is 5.32 Å². The molecule has 1 heteroatoms. The quantitative estimate of drug-likeness (QED) is 0.712. The van der Waals surface area contributed by atoms with Crippen molar-refractivity contribution in [3.8, 4) is 0 Å². The molecule has 0 aromatic carbocycles. The maximum atomic E-state index is 3.53. The summed E-state index contributed by atoms with van der Waals surface area (Å²) in [5.74, 6) is 3.68. The average Bonchev–Trinajstić information content (AvgIpc) is 2.30. The van der Waals surface area contributed by atoms with Crippen molar-refractivity contribution in [3.05, 3.63) is 5.92 Å². The fourth-order valence-electron chi connectivity index (χ4n) is 3.13. The van der Waals surface area contributed by atoms with Gasteiger partial charge in [0.2, 0.25) is 0 Å². The first-order valence-corrected chi connectivity index (χ1v) is 6.42. The molecule has 1 heterocycles. The van der Waals surface area contributed by atoms with E-state index in [4.69, 9.17) is 0 Å². The number of nitrogens with one attached hydrogen (secondary N) is 1. The molecule has 81 valence electrons. The molecule has 2 fully saturated rings. The zero-order valence-electron chi connectivity index (χ0n) is 9.52. The lowest BCUT2D eigenvalue weighted by Gasteiger charge is -2.35. The summed E-state index contributed by atoms with van der Waals surface area (Å²) in [6.07, 6.45) is 10.2. The lowest BCUT2D eigenvalue weighted by atomic mass is 9.73. The molecule has 1 nitrogen and oxygen atoms in total. The molecular formula is C13H24N. The minimum atomic E-state index is 0.895. The molecule has 14 heavy (non-hydrogen) atoms. The first kappa shape index (κ1) is 10.5. The Morgan fingerprint density at radius 3 is 2.29 bits per heavy atom. The summed E-state index contributed by atoms with van der Waals surface area (Å²) >= 11 is 0. The number of piperidine rings is 1. The zero-order valence-corrected chi connectivity index (χ0v) is 9.52. The van der Waals surface area contributed by atoms with E-state index in [9.17, 15) is 0 Å². The smallest absolute Gasteiger partial charge is 0.00150 e. The van der Waals surface area contributed by atoms with Gasteiger partial charge in [0.25, 0.3) is 0 Å². The molecule has 0 amide bonds. The van der Waals surface area contributed by atoms with Gasteiger partial charge in [0.1, 0.15) is 0 Å². The van der Waals surface area contributed by atoms with Crippen LogP contribution in [0.25, 0.3) is 0 Å². The van der Waals surface area contributed by atoms with E-state index in [2.05, 4.69) is 12.2 Å². The minimum Gasteiger partial charge on any atom is -0.316 e. The van der Waals surface area contributed by atoms with E-state index in [0.717, 1.165) is 11.8 Å². The molecule has 1 aliphatic carbocycles. The second kappa shape index (κ2) is 5.16. The summed E-state index contributed by atoms with van der Waals surface area (Å²) in [5.41, 5.74) is 0. The highest BCUT2D eigenvalue weighted by Crippen LogP contribution is 2.37. The van der Waals surface area contributed by atoms with Crippen LogP contribution in [-0.2, 0) is 0 Å². The van der Waals surface area contributed by atoms with Crippen LogP contribution in [0.5, 0.6) is 0 Å². The van der Waals surface area contributed by atoms with Gasteiger partial charge in [0, 0.05) is 0 Å². The molecule has 1 saturated heterocycles. The first-order valence-electron chi connectivity index (χ1n) is 6.42. The van der Waals surface area contributed by atoms with Gasteiger partial charge in [-0.25, -0.2) is 0 Å². The van der Waals surface area contributed by atoms with Gasteiger partial charge < -0.3 is 5.32 Å². The number of hydrogen-bond donors (Lipinski definition) is 1. The Labute approximate surface area is 88.7 Å². The second-order valence-electron chi connectivity index (χ2n) is 5.12. The summed E-state index contributed by atoms with van der Waals surface area (Å²) in [4.78, 5) is 0. The molecule has 0 aromatic heterocycles. The van der Waals surface area contributed by atoms with Crippen LogP contribution in [0.3, 0.4) is 0 Å². The predicted octanol–water partition coefficient (Wildman–Crippen LogP) is 3.16. The van der Waals surface area contributed by atoms with Crippen molar-refractivity contribution >= 4 is 0 Å². The highest BCUT2D eigenvalue weighted by molar-refractivity contribution is 5.00. The van der Waals surface area contributed by atoms with Gasteiger partial charge in [-0.1, -0.05) is 26.2 Å². The lowest BCUT2D eigenvalue weighted by molar-refractivity contribution is 0.289. The highest BCUT2D eigenvalue weighted by atomic mass is 14.9. The summed E-state index contributed by atoms with van der Waals surface area (Å²) in [6, 6.07) is 0. The van der Waals surface area contributed by atoms with Crippen molar-refractivity contribution in [2.24, 2.45) is 11.8 Å². The maximum Gasteiger partial charge on any atom is -0.00150 e. The van der Waals surface area contributed by atoms with Crippen molar-refractivity contribution in [2.75, 3.05) is 13.1 Å². The molecule has 1 atom stereocenters. The fraction of sp³-hybridized carbons (Fsp3) is 0.923. The second-order valence-corrected chi connectivity index (χ2v) is 5.12. The van der Waals surface area contributed by atoms with Crippen molar-refractivity contribution in [3.63, 3.8) is 0 Å². The van der Waals surface area contributed by atoms with Crippen LogP contribution in [0.15, 0.2) is 0 Å². The Morgan fingerprint density at radius 2 is 1.64 bits per heavy atom. The maximum absolute atomic E-state index is 3.53. The molecule has 2 rings (SSSR count). The van der Waals surface area contributed by atoms with Gasteiger partial charge in [-0.05, 0) is 56.5 Å². The molecule has 1 aliphatic heterocycles. The Bertz CT molecular complexity index is 137. The molecule has 0 aromatic rings. The predicted molar refractivity (Wildman–Crippen MR) is 61.1 cm³/mol. The molecule has 0 bridgehead atoms. The third-order valence-corrected chi connectivity index (χ3v) is 4.19. The van der Waals surface area contributed by atoms with Crippen LogP contribution >= 0.6 is 0 Å². The van der Waals surface area contributed by atoms with Crippen LogP contribution in [0.1, 0.15) is 51.9 Å². The lowest BCUT2D eigenvalue weighted by Crippen LogP contribution is -2.35. The monoisotopic (exact) mass is 194 g/mol. The van der Waals surface area contributed by atoms with Crippen LogP contribution in [-0.4, -0.2) is 13.1 Å². The molecule has 2 aliphatic rings. The highest BCUT2D eigenvalue weighted by Gasteiger charge is 2.28. The van der Waals surface area contributed by atoms with Gasteiger partial charge in [-0.2, -0.15) is 0 Å². The molecular weight excluding hydrogens is 170 g/mol. The van der Waals surface area contributed by atoms with Crippen LogP contribution in [0.4, 0.5) is 0 Å². The normalized spacial score (nSPS) is 30.9. The Balaban J connectivity index is 1.82. The van der Waals surface area contributed by atoms with Gasteiger partial charge in [-0.15, -0.1) is 0 Å². The Hall–Kier alpha value is -0.0400. The molecule has 1 N–H and O–H groups in total. The van der Waals surface area contributed by atoms with Gasteiger partial charge in [-0.3, -0.25) is 0 Å². The molecule has 0 unspecified atom stereocenters. The summed E-state index contributed by atoms with van der Waals surface area (Å²) in [6.45, 7) is 4.92. The number of rotatable bonds is 2. The largest absolute Gasteiger partial charge is 0.316 e. The fourth-order valence-corrected chi connectivity index (χ4v) is 3.13. The van der Waals surface area contributed by atoms with E-state index in [0.29, 0.717) is 0 Å². The molecule has 1 radical (unpaired) electrons. The van der Waals surface area contributed by atoms with E-state index in [1.54, 1.807) is 0 Å². The molecule has 0 spiro atoms. The van der Waals surface area contributed by atoms with E-state index in [-0.39, 0.29) is 0 Å². The van der Waals surface area contributed by atoms with Crippen LogP contribution in [0, 0.1) is 17.8 Å². The van der Waals surface area contributed by atoms with Crippen molar-refractivity contribution in [2.45, 2.75) is 51.9 Å². The zero-order chi connectivity index (χ0) is 9.80. The number of hydrogen-bond acceptors (Lipinski definition) is 1. The summed E-state index contributed by atoms with van der Waals surface area (Å²) < 4.78 is 0. The minimum absolute atomic E-state index is 0.895. The topological polar surface area (TPSA) is 12.0 Å². The van der Waals surface area contributed by atoms with Crippen LogP contribution in [0.2, 0.25) is 0 Å². The van der Waals surface area contributed by atoms with Crippen molar-refractivity contribution < 1.29 is 0 Å². The van der Waals surface area contributed by atoms with Crippen LogP contribution < -0.4 is 5.32 Å². The third-order valence-electron chi connectivity index (χ3n) is 4.19. The molecule has 1 saturated carbocycles. The first-order chi connectivity index (χ1) is 6.88. The summed E-state index contributed by atoms with van der Waals surface area (Å²) in [7, 11) is 0. The van der Waals surface area contributed by atoms with E-state index >= 15 is 0 Å². The summed E-state index contributed by atoms with van der Waals surface area (Å²) in [5, 5.41) is 3.53. The third kappa shape index (κ3) is 2.50. The van der Waals surface area contributed by atoms with E-state index < -0.39 is 0 Å². The Morgan fingerprint density at radius 1 is 0.929 bits per heavy atom. The standard InChI is InChI=1S/C13H24N/c1-11(12-6-3-2-4-7-12)13-8-5-9-14-10-13/h12-14H,2-10H2,1H3/t13-/m1/s1. The van der Waals surface area contributed by atoms with Gasteiger partial charge >= 0.3 is 0 Å².